The normalized spacial score (nSPS) is 27.9. The number of allylic oxidation sites excluding steroid dienone is 2. The van der Waals surface area contributed by atoms with Gasteiger partial charge < -0.3 is 9.47 Å². The lowest BCUT2D eigenvalue weighted by atomic mass is 9.72. The zero-order valence-corrected chi connectivity index (χ0v) is 12.6. The molecule has 0 N–H and O–H groups in total. The molecule has 0 radical (unpaired) electrons. The van der Waals surface area contributed by atoms with E-state index in [0.29, 0.717) is 5.76 Å². The topological polar surface area (TPSA) is 35.5 Å². The van der Waals surface area contributed by atoms with E-state index >= 15 is 0 Å². The number of benzene rings is 1. The van der Waals surface area contributed by atoms with Crippen molar-refractivity contribution in [3.63, 3.8) is 0 Å². The summed E-state index contributed by atoms with van der Waals surface area (Å²) in [5.41, 5.74) is -0.129. The summed E-state index contributed by atoms with van der Waals surface area (Å²) in [6, 6.07) is 9.57. The molecule has 3 heteroatoms. The van der Waals surface area contributed by atoms with Crippen molar-refractivity contribution in [2.75, 3.05) is 0 Å². The SMILES string of the molecule is CC(C)(C)C1C(=O)OC2C(Oc3ccccc3)=CC=CC21. The van der Waals surface area contributed by atoms with Crippen LogP contribution in [0.15, 0.2) is 54.3 Å². The van der Waals surface area contributed by atoms with E-state index < -0.39 is 0 Å². The lowest BCUT2D eigenvalue weighted by Gasteiger charge is -2.29. The maximum absolute atomic E-state index is 12.2. The van der Waals surface area contributed by atoms with Crippen molar-refractivity contribution in [3.05, 3.63) is 54.3 Å². The van der Waals surface area contributed by atoms with Crippen LogP contribution in [0, 0.1) is 17.3 Å². The lowest BCUT2D eigenvalue weighted by Crippen LogP contribution is -2.32. The molecule has 0 saturated carbocycles. The largest absolute Gasteiger partial charge is 0.458 e. The van der Waals surface area contributed by atoms with Gasteiger partial charge in [-0.3, -0.25) is 4.79 Å². The van der Waals surface area contributed by atoms with Gasteiger partial charge in [-0.05, 0) is 23.6 Å². The first-order chi connectivity index (χ1) is 9.97. The monoisotopic (exact) mass is 284 g/mol. The molecule has 1 aromatic rings. The van der Waals surface area contributed by atoms with Gasteiger partial charge in [0.15, 0.2) is 6.10 Å². The summed E-state index contributed by atoms with van der Waals surface area (Å²) in [6.07, 6.45) is 5.59. The van der Waals surface area contributed by atoms with Crippen LogP contribution in [0.5, 0.6) is 5.75 Å². The van der Waals surface area contributed by atoms with Crippen LogP contribution in [-0.4, -0.2) is 12.1 Å². The molecule has 0 bridgehead atoms. The second-order valence-corrected chi connectivity index (χ2v) is 6.65. The van der Waals surface area contributed by atoms with Gasteiger partial charge in [0.05, 0.1) is 5.92 Å². The van der Waals surface area contributed by atoms with Crippen LogP contribution in [0.4, 0.5) is 0 Å². The Bertz CT molecular complexity index is 593. The molecule has 1 heterocycles. The lowest BCUT2D eigenvalue weighted by molar-refractivity contribution is -0.146. The third kappa shape index (κ3) is 2.60. The zero-order valence-electron chi connectivity index (χ0n) is 12.6. The first-order valence-corrected chi connectivity index (χ1v) is 7.28. The first-order valence-electron chi connectivity index (χ1n) is 7.28. The Morgan fingerprint density at radius 1 is 1.14 bits per heavy atom. The number of ether oxygens (including phenoxy) is 2. The third-order valence-corrected chi connectivity index (χ3v) is 4.02. The molecule has 110 valence electrons. The Labute approximate surface area is 125 Å². The summed E-state index contributed by atoms with van der Waals surface area (Å²) in [5.74, 6) is 1.23. The molecule has 21 heavy (non-hydrogen) atoms. The van der Waals surface area contributed by atoms with E-state index in [1.807, 2.05) is 42.5 Å². The minimum Gasteiger partial charge on any atom is -0.458 e. The Morgan fingerprint density at radius 2 is 1.86 bits per heavy atom. The predicted octanol–water partition coefficient (Wildman–Crippen LogP) is 3.72. The number of para-hydroxylation sites is 1. The summed E-state index contributed by atoms with van der Waals surface area (Å²) in [7, 11) is 0. The molecule has 3 nitrogen and oxygen atoms in total. The molecule has 3 unspecified atom stereocenters. The number of fused-ring (bicyclic) bond motifs is 1. The van der Waals surface area contributed by atoms with Gasteiger partial charge >= 0.3 is 5.97 Å². The molecule has 3 rings (SSSR count). The van der Waals surface area contributed by atoms with E-state index in [9.17, 15) is 4.79 Å². The predicted molar refractivity (Wildman–Crippen MR) is 80.6 cm³/mol. The van der Waals surface area contributed by atoms with Crippen molar-refractivity contribution in [2.24, 2.45) is 17.3 Å². The van der Waals surface area contributed by atoms with Gasteiger partial charge in [-0.2, -0.15) is 0 Å². The zero-order chi connectivity index (χ0) is 15.0. The van der Waals surface area contributed by atoms with Crippen LogP contribution in [-0.2, 0) is 9.53 Å². The summed E-state index contributed by atoms with van der Waals surface area (Å²) in [4.78, 5) is 12.2. The van der Waals surface area contributed by atoms with Crippen molar-refractivity contribution >= 4 is 5.97 Å². The Kier molecular flexibility index (Phi) is 3.36. The van der Waals surface area contributed by atoms with Crippen LogP contribution in [0.25, 0.3) is 0 Å². The summed E-state index contributed by atoms with van der Waals surface area (Å²) in [5, 5.41) is 0. The molecule has 0 aromatic heterocycles. The molecule has 0 spiro atoms. The van der Waals surface area contributed by atoms with Gasteiger partial charge in [0.25, 0.3) is 0 Å². The average molecular weight is 284 g/mol. The van der Waals surface area contributed by atoms with Gasteiger partial charge in [-0.1, -0.05) is 51.1 Å². The molecule has 1 saturated heterocycles. The highest BCUT2D eigenvalue weighted by molar-refractivity contribution is 5.77. The smallest absolute Gasteiger partial charge is 0.310 e. The first kappa shape index (κ1) is 13.9. The number of hydrogen-bond donors (Lipinski definition) is 0. The van der Waals surface area contributed by atoms with Gasteiger partial charge in [0.2, 0.25) is 0 Å². The average Bonchev–Trinajstić information content (AvgIpc) is 2.77. The van der Waals surface area contributed by atoms with E-state index in [1.54, 1.807) is 0 Å². The molecular formula is C18H20O3. The van der Waals surface area contributed by atoms with Crippen molar-refractivity contribution in [1.82, 2.24) is 0 Å². The molecule has 1 fully saturated rings. The summed E-state index contributed by atoms with van der Waals surface area (Å²) >= 11 is 0. The van der Waals surface area contributed by atoms with E-state index in [2.05, 4.69) is 26.8 Å². The van der Waals surface area contributed by atoms with Gasteiger partial charge in [-0.15, -0.1) is 0 Å². The number of carbonyl (C=O) groups is 1. The Hall–Kier alpha value is -2.03. The second-order valence-electron chi connectivity index (χ2n) is 6.65. The molecule has 0 amide bonds. The molecule has 3 atom stereocenters. The number of carbonyl (C=O) groups excluding carboxylic acids is 1. The number of hydrogen-bond acceptors (Lipinski definition) is 3. The molecule has 1 aliphatic carbocycles. The molecule has 1 aliphatic heterocycles. The van der Waals surface area contributed by atoms with Crippen LogP contribution < -0.4 is 4.74 Å². The third-order valence-electron chi connectivity index (χ3n) is 4.02. The Balaban J connectivity index is 1.85. The maximum atomic E-state index is 12.2. The fraction of sp³-hybridized carbons (Fsp3) is 0.389. The van der Waals surface area contributed by atoms with E-state index in [-0.39, 0.29) is 29.3 Å². The van der Waals surface area contributed by atoms with Crippen molar-refractivity contribution < 1.29 is 14.3 Å². The molecule has 2 aliphatic rings. The van der Waals surface area contributed by atoms with E-state index in [0.717, 1.165) is 5.75 Å². The van der Waals surface area contributed by atoms with Gasteiger partial charge in [0.1, 0.15) is 11.5 Å². The maximum Gasteiger partial charge on any atom is 0.310 e. The van der Waals surface area contributed by atoms with Crippen LogP contribution >= 0.6 is 0 Å². The van der Waals surface area contributed by atoms with Gasteiger partial charge in [-0.25, -0.2) is 0 Å². The molecule has 1 aromatic carbocycles. The van der Waals surface area contributed by atoms with Crippen molar-refractivity contribution in [1.29, 1.82) is 0 Å². The van der Waals surface area contributed by atoms with Crippen molar-refractivity contribution in [3.8, 4) is 5.75 Å². The van der Waals surface area contributed by atoms with Crippen LogP contribution in [0.1, 0.15) is 20.8 Å². The van der Waals surface area contributed by atoms with Crippen LogP contribution in [0.2, 0.25) is 0 Å². The highest BCUT2D eigenvalue weighted by Gasteiger charge is 2.51. The fourth-order valence-electron chi connectivity index (χ4n) is 3.09. The Morgan fingerprint density at radius 3 is 2.52 bits per heavy atom. The highest BCUT2D eigenvalue weighted by Crippen LogP contribution is 2.45. The quantitative estimate of drug-likeness (QED) is 0.776. The fourth-order valence-corrected chi connectivity index (χ4v) is 3.09. The molecular weight excluding hydrogens is 264 g/mol. The van der Waals surface area contributed by atoms with E-state index in [1.165, 1.54) is 0 Å². The minimum absolute atomic E-state index is 0.0428. The standard InChI is InChI=1S/C18H20O3/c1-18(2,3)15-13-10-7-11-14(16(13)21-17(15)19)20-12-8-5-4-6-9-12/h4-11,13,15-16H,1-3H3. The number of rotatable bonds is 2. The summed E-state index contributed by atoms with van der Waals surface area (Å²) in [6.45, 7) is 6.22. The van der Waals surface area contributed by atoms with Crippen molar-refractivity contribution in [2.45, 2.75) is 26.9 Å². The number of esters is 1. The minimum atomic E-state index is -0.313. The highest BCUT2D eigenvalue weighted by atomic mass is 16.6. The van der Waals surface area contributed by atoms with Crippen LogP contribution in [0.3, 0.4) is 0 Å². The van der Waals surface area contributed by atoms with E-state index in [4.69, 9.17) is 9.47 Å². The van der Waals surface area contributed by atoms with Gasteiger partial charge in [0, 0.05) is 5.92 Å². The second kappa shape index (κ2) is 5.06. The summed E-state index contributed by atoms with van der Waals surface area (Å²) < 4.78 is 11.5.